The number of nitrogens with zero attached hydrogens (tertiary/aromatic N) is 1. The lowest BCUT2D eigenvalue weighted by Gasteiger charge is -2.20. The summed E-state index contributed by atoms with van der Waals surface area (Å²) in [5.41, 5.74) is 9.13. The van der Waals surface area contributed by atoms with Gasteiger partial charge in [-0.05, 0) is 32.0 Å². The smallest absolute Gasteiger partial charge is 0.321 e. The molecule has 1 aromatic rings. The fourth-order valence-corrected chi connectivity index (χ4v) is 1.74. The van der Waals surface area contributed by atoms with Gasteiger partial charge in [0.1, 0.15) is 6.04 Å². The molecule has 4 nitrogen and oxygen atoms in total. The van der Waals surface area contributed by atoms with Gasteiger partial charge in [-0.3, -0.25) is 9.69 Å². The van der Waals surface area contributed by atoms with Crippen molar-refractivity contribution in [2.75, 3.05) is 13.6 Å². The number of hydrogen-bond acceptors (Lipinski definition) is 3. The second-order valence-corrected chi connectivity index (χ2v) is 4.57. The summed E-state index contributed by atoms with van der Waals surface area (Å²) in [7, 11) is 1.88. The first kappa shape index (κ1) is 13.7. The third-order valence-electron chi connectivity index (χ3n) is 2.77. The molecule has 0 radical (unpaired) electrons. The zero-order valence-corrected chi connectivity index (χ0v) is 10.6. The van der Waals surface area contributed by atoms with Crippen molar-refractivity contribution in [2.24, 2.45) is 5.73 Å². The Bertz CT molecular complexity index is 404. The maximum Gasteiger partial charge on any atom is 0.321 e. The van der Waals surface area contributed by atoms with E-state index in [0.29, 0.717) is 13.1 Å². The first-order chi connectivity index (χ1) is 7.90. The summed E-state index contributed by atoms with van der Waals surface area (Å²) in [5, 5.41) is 8.74. The van der Waals surface area contributed by atoms with Crippen molar-refractivity contribution in [1.29, 1.82) is 0 Å². The quantitative estimate of drug-likeness (QED) is 0.804. The van der Waals surface area contributed by atoms with E-state index in [1.165, 1.54) is 16.7 Å². The number of rotatable bonds is 5. The highest BCUT2D eigenvalue weighted by atomic mass is 16.4. The van der Waals surface area contributed by atoms with E-state index in [4.69, 9.17) is 10.8 Å². The minimum absolute atomic E-state index is 0.350. The highest BCUT2D eigenvalue weighted by molar-refractivity contribution is 5.73. The lowest BCUT2D eigenvalue weighted by Crippen LogP contribution is -2.40. The molecule has 1 unspecified atom stereocenters. The molecule has 4 heteroatoms. The van der Waals surface area contributed by atoms with Gasteiger partial charge in [0.2, 0.25) is 0 Å². The molecule has 0 fully saturated rings. The molecule has 0 bridgehead atoms. The first-order valence-electron chi connectivity index (χ1n) is 5.63. The maximum absolute atomic E-state index is 10.7. The Morgan fingerprint density at radius 1 is 1.47 bits per heavy atom. The van der Waals surface area contributed by atoms with Crippen LogP contribution in [0.15, 0.2) is 18.2 Å². The van der Waals surface area contributed by atoms with Crippen LogP contribution in [0.1, 0.15) is 16.7 Å². The van der Waals surface area contributed by atoms with Crippen LogP contribution in [0.3, 0.4) is 0 Å². The molecule has 0 aliphatic heterocycles. The number of benzene rings is 1. The second-order valence-electron chi connectivity index (χ2n) is 4.57. The van der Waals surface area contributed by atoms with Crippen LogP contribution >= 0.6 is 0 Å². The maximum atomic E-state index is 10.7. The zero-order chi connectivity index (χ0) is 13.0. The van der Waals surface area contributed by atoms with E-state index in [1.54, 1.807) is 0 Å². The molecule has 0 saturated heterocycles. The van der Waals surface area contributed by atoms with Crippen LogP contribution in [0.25, 0.3) is 0 Å². The van der Waals surface area contributed by atoms with Gasteiger partial charge in [-0.2, -0.15) is 0 Å². The Hall–Kier alpha value is -1.39. The van der Waals surface area contributed by atoms with Gasteiger partial charge in [0.25, 0.3) is 0 Å². The van der Waals surface area contributed by atoms with Gasteiger partial charge >= 0.3 is 5.97 Å². The summed E-state index contributed by atoms with van der Waals surface area (Å²) in [5.74, 6) is -0.960. The van der Waals surface area contributed by atoms with Crippen LogP contribution in [0.5, 0.6) is 0 Å². The molecule has 0 aliphatic carbocycles. The predicted molar refractivity (Wildman–Crippen MR) is 67.9 cm³/mol. The highest BCUT2D eigenvalue weighted by Gasteiger charge is 2.14. The monoisotopic (exact) mass is 236 g/mol. The first-order valence-corrected chi connectivity index (χ1v) is 5.63. The van der Waals surface area contributed by atoms with E-state index in [2.05, 4.69) is 25.1 Å². The fourth-order valence-electron chi connectivity index (χ4n) is 1.74. The third-order valence-corrected chi connectivity index (χ3v) is 2.77. The minimum atomic E-state index is -0.960. The van der Waals surface area contributed by atoms with Gasteiger partial charge in [-0.1, -0.05) is 23.8 Å². The average molecular weight is 236 g/mol. The largest absolute Gasteiger partial charge is 0.480 e. The van der Waals surface area contributed by atoms with Crippen LogP contribution in [-0.4, -0.2) is 35.6 Å². The average Bonchev–Trinajstić information content (AvgIpc) is 2.23. The Kier molecular flexibility index (Phi) is 4.66. The Morgan fingerprint density at radius 2 is 2.12 bits per heavy atom. The van der Waals surface area contributed by atoms with Crippen molar-refractivity contribution in [3.63, 3.8) is 0 Å². The molecule has 1 aromatic carbocycles. The summed E-state index contributed by atoms with van der Waals surface area (Å²) >= 11 is 0. The van der Waals surface area contributed by atoms with Crippen molar-refractivity contribution in [2.45, 2.75) is 26.4 Å². The van der Waals surface area contributed by atoms with Crippen molar-refractivity contribution >= 4 is 5.97 Å². The number of hydrogen-bond donors (Lipinski definition) is 2. The van der Waals surface area contributed by atoms with Crippen molar-refractivity contribution < 1.29 is 9.90 Å². The summed E-state index contributed by atoms with van der Waals surface area (Å²) < 4.78 is 0. The lowest BCUT2D eigenvalue weighted by molar-refractivity contribution is -0.138. The van der Waals surface area contributed by atoms with Gasteiger partial charge in [0.05, 0.1) is 0 Å². The number of carbonyl (C=O) groups is 1. The molecule has 94 valence electrons. The molecular weight excluding hydrogens is 216 g/mol. The highest BCUT2D eigenvalue weighted by Crippen LogP contribution is 2.12. The third kappa shape index (κ3) is 4.17. The number of likely N-dealkylation sites (N-methyl/N-ethyl adjacent to an activating group) is 1. The SMILES string of the molecule is Cc1ccc(C)c(CN(C)CC(N)C(=O)O)c1. The van der Waals surface area contributed by atoms with Crippen LogP contribution in [0, 0.1) is 13.8 Å². The summed E-state index contributed by atoms with van der Waals surface area (Å²) in [6.07, 6.45) is 0. The minimum Gasteiger partial charge on any atom is -0.480 e. The number of aliphatic carboxylic acids is 1. The summed E-state index contributed by atoms with van der Waals surface area (Å²) in [6.45, 7) is 5.17. The standard InChI is InChI=1S/C13H20N2O2/c1-9-4-5-10(2)11(6-9)7-15(3)8-12(14)13(16)17/h4-6,12H,7-8,14H2,1-3H3,(H,16,17). The van der Waals surface area contributed by atoms with E-state index in [-0.39, 0.29) is 0 Å². The molecule has 17 heavy (non-hydrogen) atoms. The van der Waals surface area contributed by atoms with Crippen LogP contribution in [0.4, 0.5) is 0 Å². The molecule has 0 amide bonds. The van der Waals surface area contributed by atoms with Gasteiger partial charge < -0.3 is 10.8 Å². The Labute approximate surface area is 102 Å². The molecule has 1 atom stereocenters. The number of carboxylic acids is 1. The normalized spacial score (nSPS) is 12.8. The molecule has 3 N–H and O–H groups in total. The van der Waals surface area contributed by atoms with Gasteiger partial charge in [0, 0.05) is 13.1 Å². The van der Waals surface area contributed by atoms with Crippen molar-refractivity contribution in [3.05, 3.63) is 34.9 Å². The van der Waals surface area contributed by atoms with E-state index >= 15 is 0 Å². The number of nitrogens with two attached hydrogens (primary N) is 1. The molecular formula is C13H20N2O2. The second kappa shape index (κ2) is 5.80. The van der Waals surface area contributed by atoms with Crippen molar-refractivity contribution in [1.82, 2.24) is 4.90 Å². The Morgan fingerprint density at radius 3 is 2.71 bits per heavy atom. The van der Waals surface area contributed by atoms with E-state index in [9.17, 15) is 4.79 Å². The molecule has 1 rings (SSSR count). The van der Waals surface area contributed by atoms with Crippen molar-refractivity contribution in [3.8, 4) is 0 Å². The topological polar surface area (TPSA) is 66.6 Å². The molecule has 0 spiro atoms. The number of carboxylic acid groups (broad SMARTS) is 1. The van der Waals surface area contributed by atoms with Gasteiger partial charge in [-0.15, -0.1) is 0 Å². The van der Waals surface area contributed by atoms with Crippen LogP contribution < -0.4 is 5.73 Å². The summed E-state index contributed by atoms with van der Waals surface area (Å²) in [4.78, 5) is 12.6. The fraction of sp³-hybridized carbons (Fsp3) is 0.462. The zero-order valence-electron chi connectivity index (χ0n) is 10.6. The molecule has 0 aliphatic rings. The predicted octanol–water partition coefficient (Wildman–Crippen LogP) is 1.15. The molecule has 0 saturated carbocycles. The van der Waals surface area contributed by atoms with E-state index < -0.39 is 12.0 Å². The summed E-state index contributed by atoms with van der Waals surface area (Å²) in [6, 6.07) is 5.44. The van der Waals surface area contributed by atoms with Gasteiger partial charge in [-0.25, -0.2) is 0 Å². The van der Waals surface area contributed by atoms with Crippen LogP contribution in [0.2, 0.25) is 0 Å². The molecule has 0 aromatic heterocycles. The molecule has 0 heterocycles. The number of aryl methyl sites for hydroxylation is 2. The Balaban J connectivity index is 2.64. The van der Waals surface area contributed by atoms with E-state index in [1.807, 2.05) is 18.9 Å². The van der Waals surface area contributed by atoms with Gasteiger partial charge in [0.15, 0.2) is 0 Å². The van der Waals surface area contributed by atoms with Crippen LogP contribution in [-0.2, 0) is 11.3 Å². The van der Waals surface area contributed by atoms with E-state index in [0.717, 1.165) is 0 Å². The lowest BCUT2D eigenvalue weighted by atomic mass is 10.1.